The molecule has 1 fully saturated rings. The average Bonchev–Trinajstić information content (AvgIpc) is 1.98. The molecule has 1 aliphatic rings. The highest BCUT2D eigenvalue weighted by atomic mass is 14.9. The third kappa shape index (κ3) is 3.76. The standard InChI is InChI=1S/C13H28N2/c1-10(2)15-11-6-12(3,4)8-13(5,7-11)9-14/h10-11,15H,6-9,14H2,1-5H3. The molecule has 2 heteroatoms. The van der Waals surface area contributed by atoms with E-state index in [4.69, 9.17) is 5.73 Å². The zero-order valence-corrected chi connectivity index (χ0v) is 11.1. The molecule has 1 aliphatic carbocycles. The molecule has 1 rings (SSSR count). The fraction of sp³-hybridized carbons (Fsp3) is 1.00. The molecule has 0 radical (unpaired) electrons. The summed E-state index contributed by atoms with van der Waals surface area (Å²) in [6, 6.07) is 1.22. The van der Waals surface area contributed by atoms with Crippen molar-refractivity contribution < 1.29 is 0 Å². The van der Waals surface area contributed by atoms with Gasteiger partial charge in [-0.15, -0.1) is 0 Å². The van der Waals surface area contributed by atoms with E-state index in [1.807, 2.05) is 0 Å². The van der Waals surface area contributed by atoms with Crippen LogP contribution in [0.25, 0.3) is 0 Å². The fourth-order valence-electron chi connectivity index (χ4n) is 3.38. The van der Waals surface area contributed by atoms with Gasteiger partial charge >= 0.3 is 0 Å². The van der Waals surface area contributed by atoms with Gasteiger partial charge in [-0.25, -0.2) is 0 Å². The second-order valence-corrected chi connectivity index (χ2v) is 6.78. The molecule has 1 saturated carbocycles. The average molecular weight is 212 g/mol. The molecule has 0 bridgehead atoms. The van der Waals surface area contributed by atoms with E-state index >= 15 is 0 Å². The van der Waals surface area contributed by atoms with Crippen LogP contribution in [0.2, 0.25) is 0 Å². The lowest BCUT2D eigenvalue weighted by molar-refractivity contribution is 0.0743. The highest BCUT2D eigenvalue weighted by Gasteiger charge is 2.40. The Kier molecular flexibility index (Phi) is 3.83. The predicted octanol–water partition coefficient (Wildman–Crippen LogP) is 2.53. The second-order valence-electron chi connectivity index (χ2n) is 6.78. The Morgan fingerprint density at radius 1 is 1.27 bits per heavy atom. The van der Waals surface area contributed by atoms with E-state index in [0.717, 1.165) is 6.54 Å². The minimum Gasteiger partial charge on any atom is -0.330 e. The van der Waals surface area contributed by atoms with E-state index in [-0.39, 0.29) is 0 Å². The summed E-state index contributed by atoms with van der Waals surface area (Å²) in [6.45, 7) is 12.3. The van der Waals surface area contributed by atoms with Crippen molar-refractivity contribution in [2.24, 2.45) is 16.6 Å². The zero-order valence-electron chi connectivity index (χ0n) is 11.1. The molecule has 3 N–H and O–H groups in total. The van der Waals surface area contributed by atoms with E-state index in [9.17, 15) is 0 Å². The van der Waals surface area contributed by atoms with Crippen LogP contribution in [-0.2, 0) is 0 Å². The molecule has 0 aromatic rings. The van der Waals surface area contributed by atoms with Crippen LogP contribution in [0, 0.1) is 10.8 Å². The van der Waals surface area contributed by atoms with Crippen molar-refractivity contribution in [3.63, 3.8) is 0 Å². The maximum Gasteiger partial charge on any atom is 0.00801 e. The summed E-state index contributed by atoms with van der Waals surface area (Å²) in [5.74, 6) is 0. The second kappa shape index (κ2) is 4.42. The topological polar surface area (TPSA) is 38.0 Å². The minimum atomic E-state index is 0.328. The Hall–Kier alpha value is -0.0800. The van der Waals surface area contributed by atoms with E-state index in [2.05, 4.69) is 39.9 Å². The van der Waals surface area contributed by atoms with Crippen LogP contribution in [-0.4, -0.2) is 18.6 Å². The van der Waals surface area contributed by atoms with Gasteiger partial charge in [0, 0.05) is 12.1 Å². The monoisotopic (exact) mass is 212 g/mol. The van der Waals surface area contributed by atoms with Crippen LogP contribution in [0.3, 0.4) is 0 Å². The molecular formula is C13H28N2. The highest BCUT2D eigenvalue weighted by Crippen LogP contribution is 2.45. The Balaban J connectivity index is 2.68. The lowest BCUT2D eigenvalue weighted by Gasteiger charge is -2.47. The predicted molar refractivity (Wildman–Crippen MR) is 66.9 cm³/mol. The number of hydrogen-bond donors (Lipinski definition) is 2. The van der Waals surface area contributed by atoms with Crippen molar-refractivity contribution in [3.8, 4) is 0 Å². The molecule has 90 valence electrons. The fourth-order valence-corrected chi connectivity index (χ4v) is 3.38. The van der Waals surface area contributed by atoms with E-state index < -0.39 is 0 Å². The Labute approximate surface area is 95.0 Å². The van der Waals surface area contributed by atoms with Gasteiger partial charge < -0.3 is 11.1 Å². The molecule has 0 saturated heterocycles. The van der Waals surface area contributed by atoms with E-state index in [0.29, 0.717) is 22.9 Å². The van der Waals surface area contributed by atoms with Crippen molar-refractivity contribution in [1.29, 1.82) is 0 Å². The van der Waals surface area contributed by atoms with Gasteiger partial charge in [-0.2, -0.15) is 0 Å². The van der Waals surface area contributed by atoms with Crippen molar-refractivity contribution in [2.45, 2.75) is 66.0 Å². The lowest BCUT2D eigenvalue weighted by Crippen LogP contribution is -2.49. The molecule has 0 aliphatic heterocycles. The molecule has 2 nitrogen and oxygen atoms in total. The molecular weight excluding hydrogens is 184 g/mol. The van der Waals surface area contributed by atoms with Gasteiger partial charge in [-0.3, -0.25) is 0 Å². The Bertz CT molecular complexity index is 211. The quantitative estimate of drug-likeness (QED) is 0.754. The normalized spacial score (nSPS) is 35.8. The highest BCUT2D eigenvalue weighted by molar-refractivity contribution is 4.95. The summed E-state index contributed by atoms with van der Waals surface area (Å²) in [7, 11) is 0. The number of nitrogens with one attached hydrogen (secondary N) is 1. The first-order valence-corrected chi connectivity index (χ1v) is 6.22. The molecule has 0 spiro atoms. The van der Waals surface area contributed by atoms with E-state index in [1.54, 1.807) is 0 Å². The molecule has 0 amide bonds. The summed E-state index contributed by atoms with van der Waals surface area (Å²) in [5.41, 5.74) is 6.68. The van der Waals surface area contributed by atoms with Crippen LogP contribution < -0.4 is 11.1 Å². The SMILES string of the molecule is CC(C)NC1CC(C)(C)CC(C)(CN)C1. The lowest BCUT2D eigenvalue weighted by atomic mass is 9.62. The molecule has 0 aromatic heterocycles. The van der Waals surface area contributed by atoms with Gasteiger partial charge in [-0.1, -0.05) is 34.6 Å². The molecule has 0 heterocycles. The number of hydrogen-bond acceptors (Lipinski definition) is 2. The first-order valence-electron chi connectivity index (χ1n) is 6.22. The Morgan fingerprint density at radius 2 is 1.87 bits per heavy atom. The van der Waals surface area contributed by atoms with Gasteiger partial charge in [-0.05, 0) is 36.6 Å². The van der Waals surface area contributed by atoms with Gasteiger partial charge in [0.1, 0.15) is 0 Å². The summed E-state index contributed by atoms with van der Waals surface area (Å²) < 4.78 is 0. The first-order chi connectivity index (χ1) is 6.76. The maximum atomic E-state index is 5.92. The smallest absolute Gasteiger partial charge is 0.00801 e. The van der Waals surface area contributed by atoms with Crippen LogP contribution in [0.1, 0.15) is 53.9 Å². The molecule has 0 aromatic carbocycles. The van der Waals surface area contributed by atoms with Crippen LogP contribution in [0.5, 0.6) is 0 Å². The summed E-state index contributed by atoms with van der Waals surface area (Å²) >= 11 is 0. The van der Waals surface area contributed by atoms with Crippen LogP contribution >= 0.6 is 0 Å². The van der Waals surface area contributed by atoms with E-state index in [1.165, 1.54) is 19.3 Å². The summed E-state index contributed by atoms with van der Waals surface area (Å²) in [4.78, 5) is 0. The van der Waals surface area contributed by atoms with Crippen LogP contribution in [0.15, 0.2) is 0 Å². The molecule has 15 heavy (non-hydrogen) atoms. The van der Waals surface area contributed by atoms with Crippen molar-refractivity contribution in [1.82, 2.24) is 5.32 Å². The van der Waals surface area contributed by atoms with Gasteiger partial charge in [0.05, 0.1) is 0 Å². The van der Waals surface area contributed by atoms with Gasteiger partial charge in [0.15, 0.2) is 0 Å². The first kappa shape index (κ1) is 13.0. The third-order valence-corrected chi connectivity index (χ3v) is 3.51. The van der Waals surface area contributed by atoms with Crippen molar-refractivity contribution >= 4 is 0 Å². The molecule has 2 atom stereocenters. The van der Waals surface area contributed by atoms with Crippen LogP contribution in [0.4, 0.5) is 0 Å². The maximum absolute atomic E-state index is 5.92. The van der Waals surface area contributed by atoms with Gasteiger partial charge in [0.25, 0.3) is 0 Å². The minimum absolute atomic E-state index is 0.328. The Morgan fingerprint density at radius 3 is 2.33 bits per heavy atom. The zero-order chi connectivity index (χ0) is 11.7. The number of rotatable bonds is 3. The third-order valence-electron chi connectivity index (χ3n) is 3.51. The number of nitrogens with two attached hydrogens (primary N) is 1. The van der Waals surface area contributed by atoms with Crippen molar-refractivity contribution in [2.75, 3.05) is 6.54 Å². The largest absolute Gasteiger partial charge is 0.330 e. The summed E-state index contributed by atoms with van der Waals surface area (Å²) in [5, 5.41) is 3.67. The molecule has 2 unspecified atom stereocenters. The van der Waals surface area contributed by atoms with Gasteiger partial charge in [0.2, 0.25) is 0 Å². The summed E-state index contributed by atoms with van der Waals surface area (Å²) in [6.07, 6.45) is 3.76. The van der Waals surface area contributed by atoms with Crippen molar-refractivity contribution in [3.05, 3.63) is 0 Å².